The van der Waals surface area contributed by atoms with Crippen molar-refractivity contribution in [1.29, 1.82) is 0 Å². The van der Waals surface area contributed by atoms with E-state index in [4.69, 9.17) is 14.2 Å². The molecule has 0 saturated carbocycles. The second-order valence-corrected chi connectivity index (χ2v) is 7.59. The second-order valence-electron chi connectivity index (χ2n) is 5.88. The summed E-state index contributed by atoms with van der Waals surface area (Å²) in [5, 5.41) is 0. The Hall–Kier alpha value is -2.25. The van der Waals surface area contributed by atoms with E-state index in [-0.39, 0.29) is 4.90 Å². The van der Waals surface area contributed by atoms with Gasteiger partial charge in [0.15, 0.2) is 11.5 Å². The monoisotopic (exact) mass is 363 g/mol. The highest BCUT2D eigenvalue weighted by atomic mass is 32.2. The number of aryl methyl sites for hydroxylation is 1. The van der Waals surface area contributed by atoms with E-state index >= 15 is 0 Å². The number of methoxy groups -OCH3 is 1. The molecule has 2 aromatic rings. The summed E-state index contributed by atoms with van der Waals surface area (Å²) in [6.07, 6.45) is 0. The molecule has 0 radical (unpaired) electrons. The number of nitrogens with one attached hydrogen (secondary N) is 1. The first-order valence-corrected chi connectivity index (χ1v) is 9.45. The Labute approximate surface area is 147 Å². The fourth-order valence-electron chi connectivity index (χ4n) is 2.72. The van der Waals surface area contributed by atoms with Gasteiger partial charge in [0.1, 0.15) is 19.0 Å². The first-order valence-electron chi connectivity index (χ1n) is 7.97. The van der Waals surface area contributed by atoms with Crippen LogP contribution < -0.4 is 18.9 Å². The molecule has 134 valence electrons. The zero-order valence-corrected chi connectivity index (χ0v) is 15.2. The molecule has 0 saturated heterocycles. The summed E-state index contributed by atoms with van der Waals surface area (Å²) >= 11 is 0. The topological polar surface area (TPSA) is 73.9 Å². The van der Waals surface area contributed by atoms with E-state index in [1.54, 1.807) is 38.3 Å². The number of fused-ring (bicyclic) bond motifs is 1. The van der Waals surface area contributed by atoms with Crippen LogP contribution >= 0.6 is 0 Å². The Morgan fingerprint density at radius 2 is 1.80 bits per heavy atom. The maximum atomic E-state index is 12.6. The van der Waals surface area contributed by atoms with E-state index in [9.17, 15) is 8.42 Å². The molecule has 1 N–H and O–H groups in total. The molecule has 0 amide bonds. The van der Waals surface area contributed by atoms with Gasteiger partial charge in [0.25, 0.3) is 0 Å². The molecular formula is C18H21NO5S. The van der Waals surface area contributed by atoms with Crippen LogP contribution in [0.25, 0.3) is 0 Å². The summed E-state index contributed by atoms with van der Waals surface area (Å²) in [5.41, 5.74) is 1.57. The van der Waals surface area contributed by atoms with E-state index in [2.05, 4.69) is 4.72 Å². The highest BCUT2D eigenvalue weighted by molar-refractivity contribution is 7.89. The minimum absolute atomic E-state index is 0.204. The average molecular weight is 363 g/mol. The van der Waals surface area contributed by atoms with Crippen LogP contribution in [0.1, 0.15) is 24.1 Å². The third-order valence-electron chi connectivity index (χ3n) is 4.07. The molecule has 7 heteroatoms. The second kappa shape index (κ2) is 6.93. The predicted molar refractivity (Wildman–Crippen MR) is 93.9 cm³/mol. The Kier molecular flexibility index (Phi) is 4.87. The van der Waals surface area contributed by atoms with E-state index in [1.165, 1.54) is 6.07 Å². The van der Waals surface area contributed by atoms with Gasteiger partial charge in [-0.3, -0.25) is 0 Å². The standard InChI is InChI=1S/C18H21NO5S/c1-12-10-15(5-7-16(12)22-3)25(20,21)19-13(2)14-4-6-17-18(11-14)24-9-8-23-17/h4-7,10-11,13,19H,8-9H2,1-3H3/t13-/m1/s1. The van der Waals surface area contributed by atoms with Crippen molar-refractivity contribution in [1.82, 2.24) is 4.72 Å². The first kappa shape index (κ1) is 17.6. The van der Waals surface area contributed by atoms with Crippen molar-refractivity contribution >= 4 is 10.0 Å². The molecule has 1 heterocycles. The van der Waals surface area contributed by atoms with Crippen LogP contribution in [-0.2, 0) is 10.0 Å². The zero-order chi connectivity index (χ0) is 18.0. The molecule has 1 aliphatic rings. The fourth-order valence-corrected chi connectivity index (χ4v) is 4.03. The number of ether oxygens (including phenoxy) is 3. The summed E-state index contributed by atoms with van der Waals surface area (Å²) in [6, 6.07) is 9.80. The lowest BCUT2D eigenvalue weighted by Crippen LogP contribution is -2.27. The Bertz CT molecular complexity index is 879. The van der Waals surface area contributed by atoms with Crippen LogP contribution in [0, 0.1) is 6.92 Å². The van der Waals surface area contributed by atoms with E-state index < -0.39 is 16.1 Å². The zero-order valence-electron chi connectivity index (χ0n) is 14.4. The molecule has 25 heavy (non-hydrogen) atoms. The lowest BCUT2D eigenvalue weighted by Gasteiger charge is -2.21. The molecular weight excluding hydrogens is 342 g/mol. The van der Waals surface area contributed by atoms with Gasteiger partial charge in [-0.25, -0.2) is 13.1 Å². The SMILES string of the molecule is COc1ccc(S(=O)(=O)N[C@H](C)c2ccc3c(c2)OCCO3)cc1C. The number of benzene rings is 2. The molecule has 0 unspecified atom stereocenters. The molecule has 0 fully saturated rings. The van der Waals surface area contributed by atoms with Crippen molar-refractivity contribution in [2.24, 2.45) is 0 Å². The maximum Gasteiger partial charge on any atom is 0.241 e. The van der Waals surface area contributed by atoms with Gasteiger partial charge in [0, 0.05) is 6.04 Å². The van der Waals surface area contributed by atoms with Crippen molar-refractivity contribution in [3.05, 3.63) is 47.5 Å². The third kappa shape index (κ3) is 3.72. The van der Waals surface area contributed by atoms with Crippen LogP contribution in [0.2, 0.25) is 0 Å². The maximum absolute atomic E-state index is 12.6. The average Bonchev–Trinajstić information content (AvgIpc) is 2.60. The van der Waals surface area contributed by atoms with Crippen LogP contribution in [0.3, 0.4) is 0 Å². The van der Waals surface area contributed by atoms with Crippen LogP contribution in [-0.4, -0.2) is 28.7 Å². The van der Waals surface area contributed by atoms with Gasteiger partial charge in [-0.2, -0.15) is 0 Å². The van der Waals surface area contributed by atoms with Crippen LogP contribution in [0.5, 0.6) is 17.2 Å². The molecule has 0 aromatic heterocycles. The van der Waals surface area contributed by atoms with Gasteiger partial charge in [-0.05, 0) is 55.3 Å². The normalized spacial score (nSPS) is 14.8. The Morgan fingerprint density at radius 3 is 2.48 bits per heavy atom. The van der Waals surface area contributed by atoms with Gasteiger partial charge < -0.3 is 14.2 Å². The molecule has 1 atom stereocenters. The van der Waals surface area contributed by atoms with E-state index in [0.29, 0.717) is 30.5 Å². The third-order valence-corrected chi connectivity index (χ3v) is 5.61. The summed E-state index contributed by atoms with van der Waals surface area (Å²) in [6.45, 7) is 4.61. The molecule has 1 aliphatic heterocycles. The number of rotatable bonds is 5. The number of sulfonamides is 1. The summed E-state index contributed by atoms with van der Waals surface area (Å²) in [4.78, 5) is 0.204. The smallest absolute Gasteiger partial charge is 0.241 e. The van der Waals surface area contributed by atoms with Crippen molar-refractivity contribution in [2.45, 2.75) is 24.8 Å². The first-order chi connectivity index (χ1) is 11.9. The van der Waals surface area contributed by atoms with Gasteiger partial charge in [0.05, 0.1) is 12.0 Å². The fraction of sp³-hybridized carbons (Fsp3) is 0.333. The summed E-state index contributed by atoms with van der Waals surface area (Å²) in [7, 11) is -2.10. The van der Waals surface area contributed by atoms with Crippen LogP contribution in [0.4, 0.5) is 0 Å². The highest BCUT2D eigenvalue weighted by Crippen LogP contribution is 2.33. The quantitative estimate of drug-likeness (QED) is 0.884. The molecule has 2 aromatic carbocycles. The molecule has 0 spiro atoms. The minimum atomic E-state index is -3.65. The van der Waals surface area contributed by atoms with Crippen molar-refractivity contribution < 1.29 is 22.6 Å². The Morgan fingerprint density at radius 1 is 1.08 bits per heavy atom. The number of hydrogen-bond donors (Lipinski definition) is 1. The molecule has 6 nitrogen and oxygen atoms in total. The highest BCUT2D eigenvalue weighted by Gasteiger charge is 2.21. The molecule has 0 bridgehead atoms. The molecule has 0 aliphatic carbocycles. The number of hydrogen-bond acceptors (Lipinski definition) is 5. The summed E-state index contributed by atoms with van der Waals surface area (Å²) < 4.78 is 44.2. The summed E-state index contributed by atoms with van der Waals surface area (Å²) in [5.74, 6) is 1.96. The van der Waals surface area contributed by atoms with Crippen LogP contribution in [0.15, 0.2) is 41.3 Å². The van der Waals surface area contributed by atoms with E-state index in [1.807, 2.05) is 13.0 Å². The van der Waals surface area contributed by atoms with Crippen molar-refractivity contribution in [2.75, 3.05) is 20.3 Å². The van der Waals surface area contributed by atoms with Gasteiger partial charge >= 0.3 is 0 Å². The van der Waals surface area contributed by atoms with Crippen molar-refractivity contribution in [3.8, 4) is 17.2 Å². The minimum Gasteiger partial charge on any atom is -0.496 e. The van der Waals surface area contributed by atoms with E-state index in [0.717, 1.165) is 11.1 Å². The van der Waals surface area contributed by atoms with Gasteiger partial charge in [-0.1, -0.05) is 6.07 Å². The Balaban J connectivity index is 1.81. The molecule has 3 rings (SSSR count). The largest absolute Gasteiger partial charge is 0.496 e. The lowest BCUT2D eigenvalue weighted by atomic mass is 10.1. The lowest BCUT2D eigenvalue weighted by molar-refractivity contribution is 0.171. The van der Waals surface area contributed by atoms with Crippen molar-refractivity contribution in [3.63, 3.8) is 0 Å². The van der Waals surface area contributed by atoms with Gasteiger partial charge in [0.2, 0.25) is 10.0 Å². The van der Waals surface area contributed by atoms with Gasteiger partial charge in [-0.15, -0.1) is 0 Å². The predicted octanol–water partition coefficient (Wildman–Crippen LogP) is 2.81.